The van der Waals surface area contributed by atoms with Crippen molar-refractivity contribution in [1.29, 1.82) is 0 Å². The quantitative estimate of drug-likeness (QED) is 0.624. The fourth-order valence-corrected chi connectivity index (χ4v) is 2.41. The number of aliphatic hydroxyl groups excluding tert-OH is 2. The Bertz CT molecular complexity index is 660. The first-order valence-electron chi connectivity index (χ1n) is 6.31. The molecule has 0 aromatic carbocycles. The Kier molecular flexibility index (Phi) is 3.45. The molecule has 4 N–H and O–H groups in total. The summed E-state index contributed by atoms with van der Waals surface area (Å²) in [5.74, 6) is 0.247. The fraction of sp³-hybridized carbons (Fsp3) is 0.417. The summed E-state index contributed by atoms with van der Waals surface area (Å²) in [6.45, 7) is 3.14. The van der Waals surface area contributed by atoms with Crippen molar-refractivity contribution < 1.29 is 19.7 Å². The van der Waals surface area contributed by atoms with Crippen molar-refractivity contribution in [3.63, 3.8) is 0 Å². The SMILES string of the molecule is C=CO[C@@H]1[C@H](O)[C@@H](CO)O[C@H]1n1cnc2c(N)ncnc21. The number of nitrogens with two attached hydrogens (primary N) is 1. The zero-order chi connectivity index (χ0) is 15.0. The van der Waals surface area contributed by atoms with E-state index in [1.54, 1.807) is 4.57 Å². The molecule has 0 spiro atoms. The summed E-state index contributed by atoms with van der Waals surface area (Å²) in [4.78, 5) is 12.1. The van der Waals surface area contributed by atoms with Gasteiger partial charge in [-0.2, -0.15) is 0 Å². The Morgan fingerprint density at radius 3 is 3.00 bits per heavy atom. The molecule has 0 bridgehead atoms. The first-order valence-corrected chi connectivity index (χ1v) is 6.31. The third-order valence-electron chi connectivity index (χ3n) is 3.41. The molecule has 2 aromatic rings. The summed E-state index contributed by atoms with van der Waals surface area (Å²) >= 11 is 0. The summed E-state index contributed by atoms with van der Waals surface area (Å²) in [7, 11) is 0. The lowest BCUT2D eigenvalue weighted by Crippen LogP contribution is -2.34. The number of imidazole rings is 1. The van der Waals surface area contributed by atoms with Gasteiger partial charge in [-0.3, -0.25) is 4.57 Å². The molecule has 3 rings (SSSR count). The average Bonchev–Trinajstić information content (AvgIpc) is 3.03. The van der Waals surface area contributed by atoms with Crippen LogP contribution >= 0.6 is 0 Å². The van der Waals surface area contributed by atoms with Gasteiger partial charge >= 0.3 is 0 Å². The average molecular weight is 293 g/mol. The van der Waals surface area contributed by atoms with Crippen LogP contribution in [0.2, 0.25) is 0 Å². The van der Waals surface area contributed by atoms with Gasteiger partial charge in [0.25, 0.3) is 0 Å². The molecule has 21 heavy (non-hydrogen) atoms. The van der Waals surface area contributed by atoms with Gasteiger partial charge in [-0.1, -0.05) is 6.58 Å². The molecule has 1 fully saturated rings. The third kappa shape index (κ3) is 2.11. The van der Waals surface area contributed by atoms with E-state index in [-0.39, 0.29) is 12.4 Å². The normalized spacial score (nSPS) is 28.9. The number of hydrogen-bond acceptors (Lipinski definition) is 8. The maximum Gasteiger partial charge on any atom is 0.176 e. The lowest BCUT2D eigenvalue weighted by atomic mass is 10.1. The van der Waals surface area contributed by atoms with Gasteiger partial charge in [0.1, 0.15) is 24.1 Å². The standard InChI is InChI=1S/C12H15N5O4/c1-2-20-9-8(19)6(3-18)21-12(9)17-5-16-7-10(13)14-4-15-11(7)17/h2,4-6,8-9,12,18-19H,1,3H2,(H2,13,14,15)/t6-,8-,9-,12-/m1/s1. The molecular weight excluding hydrogens is 278 g/mol. The minimum absolute atomic E-state index is 0.247. The highest BCUT2D eigenvalue weighted by molar-refractivity contribution is 5.81. The molecule has 3 heterocycles. The van der Waals surface area contributed by atoms with Crippen molar-refractivity contribution in [3.05, 3.63) is 25.5 Å². The summed E-state index contributed by atoms with van der Waals surface area (Å²) in [6, 6.07) is 0. The minimum atomic E-state index is -1.00. The molecule has 112 valence electrons. The Morgan fingerprint density at radius 2 is 2.29 bits per heavy atom. The second-order valence-electron chi connectivity index (χ2n) is 4.59. The number of anilines is 1. The van der Waals surface area contributed by atoms with Crippen LogP contribution in [0.5, 0.6) is 0 Å². The number of rotatable bonds is 4. The molecule has 1 saturated heterocycles. The third-order valence-corrected chi connectivity index (χ3v) is 3.41. The molecule has 4 atom stereocenters. The number of nitrogen functional groups attached to an aromatic ring is 1. The Balaban J connectivity index is 2.04. The van der Waals surface area contributed by atoms with Gasteiger partial charge in [0.15, 0.2) is 23.8 Å². The molecular formula is C12H15N5O4. The van der Waals surface area contributed by atoms with Crippen molar-refractivity contribution in [1.82, 2.24) is 19.5 Å². The van der Waals surface area contributed by atoms with Crippen LogP contribution in [0.1, 0.15) is 6.23 Å². The van der Waals surface area contributed by atoms with Crippen molar-refractivity contribution in [2.24, 2.45) is 0 Å². The Hall–Kier alpha value is -2.23. The van der Waals surface area contributed by atoms with Gasteiger partial charge in [-0.05, 0) is 0 Å². The number of aliphatic hydroxyl groups is 2. The Labute approximate surface area is 119 Å². The molecule has 0 amide bonds. The molecule has 0 radical (unpaired) electrons. The molecule has 1 aliphatic heterocycles. The fourth-order valence-electron chi connectivity index (χ4n) is 2.41. The summed E-state index contributed by atoms with van der Waals surface area (Å²) in [5, 5.41) is 19.4. The predicted octanol–water partition coefficient (Wildman–Crippen LogP) is -0.812. The van der Waals surface area contributed by atoms with E-state index in [0.29, 0.717) is 11.2 Å². The van der Waals surface area contributed by atoms with E-state index in [0.717, 1.165) is 0 Å². The highest BCUT2D eigenvalue weighted by atomic mass is 16.6. The van der Waals surface area contributed by atoms with E-state index in [4.69, 9.17) is 15.2 Å². The number of nitrogens with zero attached hydrogens (tertiary/aromatic N) is 4. The first kappa shape index (κ1) is 13.7. The van der Waals surface area contributed by atoms with Crippen LogP contribution in [0.3, 0.4) is 0 Å². The number of hydrogen-bond donors (Lipinski definition) is 3. The lowest BCUT2D eigenvalue weighted by molar-refractivity contribution is -0.0527. The van der Waals surface area contributed by atoms with E-state index in [9.17, 15) is 10.2 Å². The Morgan fingerprint density at radius 1 is 1.48 bits per heavy atom. The van der Waals surface area contributed by atoms with Gasteiger partial charge in [0.05, 0.1) is 19.2 Å². The van der Waals surface area contributed by atoms with E-state index in [1.807, 2.05) is 0 Å². The highest BCUT2D eigenvalue weighted by Gasteiger charge is 2.46. The second-order valence-corrected chi connectivity index (χ2v) is 4.59. The van der Waals surface area contributed by atoms with Crippen LogP contribution in [0.25, 0.3) is 11.2 Å². The van der Waals surface area contributed by atoms with Crippen LogP contribution in [-0.2, 0) is 9.47 Å². The van der Waals surface area contributed by atoms with Crippen LogP contribution in [0.4, 0.5) is 5.82 Å². The molecule has 1 aliphatic rings. The molecule has 2 aromatic heterocycles. The van der Waals surface area contributed by atoms with Crippen molar-refractivity contribution >= 4 is 17.0 Å². The zero-order valence-electron chi connectivity index (χ0n) is 11.0. The zero-order valence-corrected chi connectivity index (χ0v) is 11.0. The van der Waals surface area contributed by atoms with Crippen LogP contribution < -0.4 is 5.73 Å². The highest BCUT2D eigenvalue weighted by Crippen LogP contribution is 2.33. The maximum absolute atomic E-state index is 10.1. The lowest BCUT2D eigenvalue weighted by Gasteiger charge is -2.20. The van der Waals surface area contributed by atoms with E-state index in [1.165, 1.54) is 18.9 Å². The first-order chi connectivity index (χ1) is 10.2. The van der Waals surface area contributed by atoms with Gasteiger partial charge in [0.2, 0.25) is 0 Å². The predicted molar refractivity (Wildman–Crippen MR) is 71.8 cm³/mol. The van der Waals surface area contributed by atoms with Crippen molar-refractivity contribution in [3.8, 4) is 0 Å². The van der Waals surface area contributed by atoms with Crippen LogP contribution in [-0.4, -0.2) is 54.7 Å². The monoisotopic (exact) mass is 293 g/mol. The molecule has 0 unspecified atom stereocenters. The number of fused-ring (bicyclic) bond motifs is 1. The molecule has 9 nitrogen and oxygen atoms in total. The van der Waals surface area contributed by atoms with Gasteiger partial charge in [-0.25, -0.2) is 15.0 Å². The molecule has 0 saturated carbocycles. The van der Waals surface area contributed by atoms with Crippen LogP contribution in [0.15, 0.2) is 25.5 Å². The molecule has 0 aliphatic carbocycles. The summed E-state index contributed by atoms with van der Waals surface area (Å²) in [5.41, 5.74) is 6.62. The second kappa shape index (κ2) is 5.28. The van der Waals surface area contributed by atoms with E-state index >= 15 is 0 Å². The van der Waals surface area contributed by atoms with E-state index in [2.05, 4.69) is 21.5 Å². The minimum Gasteiger partial charge on any atom is -0.491 e. The van der Waals surface area contributed by atoms with Gasteiger partial charge in [0, 0.05) is 0 Å². The van der Waals surface area contributed by atoms with E-state index < -0.39 is 24.5 Å². The molecule has 9 heteroatoms. The summed E-state index contributed by atoms with van der Waals surface area (Å²) in [6.07, 6.45) is 0.779. The number of aromatic nitrogens is 4. The largest absolute Gasteiger partial charge is 0.491 e. The smallest absolute Gasteiger partial charge is 0.176 e. The topological polar surface area (TPSA) is 129 Å². The van der Waals surface area contributed by atoms with Crippen molar-refractivity contribution in [2.75, 3.05) is 12.3 Å². The van der Waals surface area contributed by atoms with Crippen molar-refractivity contribution in [2.45, 2.75) is 24.5 Å². The number of ether oxygens (including phenoxy) is 2. The van der Waals surface area contributed by atoms with Gasteiger partial charge < -0.3 is 25.4 Å². The van der Waals surface area contributed by atoms with Gasteiger partial charge in [-0.15, -0.1) is 0 Å². The maximum atomic E-state index is 10.1. The summed E-state index contributed by atoms with van der Waals surface area (Å²) < 4.78 is 12.5. The van der Waals surface area contributed by atoms with Crippen LogP contribution in [0, 0.1) is 0 Å².